The Morgan fingerprint density at radius 2 is 1.51 bits per heavy atom. The smallest absolute Gasteiger partial charge is 0.285 e. The number of carbonyl (C=O) groups excluding carboxylic acids is 2. The fourth-order valence-electron chi connectivity index (χ4n) is 4.05. The molecule has 0 spiro atoms. The minimum absolute atomic E-state index is 0.0960. The minimum Gasteiger partial charge on any atom is -0.368 e. The summed E-state index contributed by atoms with van der Waals surface area (Å²) < 4.78 is 30.8. The van der Waals surface area contributed by atoms with Gasteiger partial charge in [-0.3, -0.25) is 9.59 Å². The maximum atomic E-state index is 13.3. The lowest BCUT2D eigenvalue weighted by Gasteiger charge is -2.23. The molecule has 1 aliphatic rings. The molecular weight excluding hydrogens is 587 g/mol. The molecule has 0 aromatic heterocycles. The summed E-state index contributed by atoms with van der Waals surface area (Å²) in [6.07, 6.45) is 0. The van der Waals surface area contributed by atoms with Gasteiger partial charge in [-0.15, -0.1) is 4.40 Å². The van der Waals surface area contributed by atoms with E-state index in [0.717, 1.165) is 11.1 Å². The number of amides is 2. The average Bonchev–Trinajstić information content (AvgIpc) is 3.39. The molecule has 0 aliphatic carbocycles. The maximum Gasteiger partial charge on any atom is 0.285 e. The van der Waals surface area contributed by atoms with Gasteiger partial charge in [0.15, 0.2) is 0 Å². The molecule has 0 radical (unpaired) electrons. The molecule has 4 rings (SSSR count). The summed E-state index contributed by atoms with van der Waals surface area (Å²) in [6.45, 7) is 3.17. The van der Waals surface area contributed by atoms with Crippen LogP contribution in [0, 0.1) is 0 Å². The lowest BCUT2D eigenvalue weighted by atomic mass is 9.91. The second-order valence-corrected chi connectivity index (χ2v) is 11.9. The van der Waals surface area contributed by atoms with E-state index in [-0.39, 0.29) is 23.3 Å². The number of hydrogen-bond donors (Lipinski definition) is 3. The highest BCUT2D eigenvalue weighted by molar-refractivity contribution is 7.90. The molecule has 3 unspecified atom stereocenters. The van der Waals surface area contributed by atoms with Crippen molar-refractivity contribution in [2.75, 3.05) is 6.54 Å². The Morgan fingerprint density at radius 3 is 2.10 bits per heavy atom. The predicted molar refractivity (Wildman–Crippen MR) is 159 cm³/mol. The molecular formula is C28H28Cl2N6O4S. The molecule has 3 atom stereocenters. The van der Waals surface area contributed by atoms with E-state index in [1.54, 1.807) is 12.1 Å². The number of guanidine groups is 1. The highest BCUT2D eigenvalue weighted by Crippen LogP contribution is 2.30. The van der Waals surface area contributed by atoms with Crippen LogP contribution in [0.1, 0.15) is 30.9 Å². The molecule has 0 fully saturated rings. The molecule has 0 saturated carbocycles. The van der Waals surface area contributed by atoms with Gasteiger partial charge >= 0.3 is 0 Å². The van der Waals surface area contributed by atoms with Crippen molar-refractivity contribution >= 4 is 56.7 Å². The first-order valence-electron chi connectivity index (χ1n) is 12.6. The zero-order valence-corrected chi connectivity index (χ0v) is 24.5. The van der Waals surface area contributed by atoms with E-state index in [1.165, 1.54) is 43.1 Å². The monoisotopic (exact) mass is 614 g/mol. The van der Waals surface area contributed by atoms with E-state index >= 15 is 0 Å². The van der Waals surface area contributed by atoms with E-state index in [0.29, 0.717) is 15.8 Å². The summed E-state index contributed by atoms with van der Waals surface area (Å²) in [7, 11) is -4.26. The third kappa shape index (κ3) is 7.43. The van der Waals surface area contributed by atoms with Crippen molar-refractivity contribution in [3.05, 3.63) is 100 Å². The van der Waals surface area contributed by atoms with E-state index in [1.807, 2.05) is 42.5 Å². The van der Waals surface area contributed by atoms with Crippen LogP contribution in [0.25, 0.3) is 0 Å². The third-order valence-electron chi connectivity index (χ3n) is 6.34. The number of benzene rings is 3. The molecule has 1 heterocycles. The van der Waals surface area contributed by atoms with Gasteiger partial charge in [0.05, 0.1) is 17.2 Å². The highest BCUT2D eigenvalue weighted by atomic mass is 35.5. The van der Waals surface area contributed by atoms with E-state index in [4.69, 9.17) is 34.0 Å². The summed E-state index contributed by atoms with van der Waals surface area (Å²) in [5, 5.41) is 12.5. The van der Waals surface area contributed by atoms with Crippen molar-refractivity contribution in [1.29, 1.82) is 0 Å². The summed E-state index contributed by atoms with van der Waals surface area (Å²) in [6, 6.07) is 20.4. The van der Waals surface area contributed by atoms with Crippen LogP contribution in [0.5, 0.6) is 0 Å². The first-order chi connectivity index (χ1) is 19.4. The van der Waals surface area contributed by atoms with Gasteiger partial charge in [-0.05, 0) is 61.4 Å². The van der Waals surface area contributed by atoms with Crippen LogP contribution in [-0.4, -0.2) is 55.5 Å². The number of hydrogen-bond acceptors (Lipinski definition) is 5. The molecule has 3 aromatic rings. The number of hydrazone groups is 1. The SMILES string of the molecule is CC(NC(=O)C(C)N/C(=N/S(=O)(=O)c1ccc(Cl)cc1)N1CC(c2ccccc2)C(c2ccc(Cl)cc2)=N1)C(N)=O. The number of halogens is 2. The molecule has 1 aliphatic heterocycles. The quantitative estimate of drug-likeness (QED) is 0.261. The largest absolute Gasteiger partial charge is 0.368 e. The first kappa shape index (κ1) is 30.0. The molecule has 41 heavy (non-hydrogen) atoms. The zero-order valence-electron chi connectivity index (χ0n) is 22.2. The van der Waals surface area contributed by atoms with Gasteiger partial charge < -0.3 is 16.4 Å². The molecule has 0 saturated heterocycles. The number of carbonyl (C=O) groups is 2. The van der Waals surface area contributed by atoms with Crippen LogP contribution in [0.2, 0.25) is 10.0 Å². The van der Waals surface area contributed by atoms with Crippen molar-refractivity contribution in [1.82, 2.24) is 15.6 Å². The molecule has 3 aromatic carbocycles. The molecule has 2 amide bonds. The number of nitrogens with two attached hydrogens (primary N) is 1. The second kappa shape index (κ2) is 12.7. The normalized spacial score (nSPS) is 17.0. The van der Waals surface area contributed by atoms with Crippen molar-refractivity contribution < 1.29 is 18.0 Å². The van der Waals surface area contributed by atoms with Crippen LogP contribution >= 0.6 is 23.2 Å². The zero-order chi connectivity index (χ0) is 29.7. The second-order valence-electron chi connectivity index (χ2n) is 9.38. The standard InChI is InChI=1S/C28H28Cl2N6O4S/c1-17(26(31)37)32-27(38)18(2)33-28(35-41(39,40)23-14-12-22(30)13-15-23)36-16-24(19-6-4-3-5-7-19)25(34-36)20-8-10-21(29)11-9-20/h3-15,17-18,24H,16H2,1-2H3,(H2,31,37)(H,32,38)(H,33,35). The maximum absolute atomic E-state index is 13.3. The molecule has 13 heteroatoms. The van der Waals surface area contributed by atoms with Crippen LogP contribution in [0.15, 0.2) is 93.3 Å². The Bertz CT molecular complexity index is 1580. The van der Waals surface area contributed by atoms with Crippen LogP contribution in [0.3, 0.4) is 0 Å². The lowest BCUT2D eigenvalue weighted by molar-refractivity contribution is -0.127. The number of rotatable bonds is 8. The number of nitrogens with one attached hydrogen (secondary N) is 2. The first-order valence-corrected chi connectivity index (χ1v) is 14.8. The Morgan fingerprint density at radius 1 is 0.927 bits per heavy atom. The lowest BCUT2D eigenvalue weighted by Crippen LogP contribution is -2.53. The number of primary amides is 1. The van der Waals surface area contributed by atoms with Crippen LogP contribution in [-0.2, 0) is 19.6 Å². The van der Waals surface area contributed by atoms with Gasteiger partial charge in [0.2, 0.25) is 17.8 Å². The number of sulfonamides is 1. The summed E-state index contributed by atoms with van der Waals surface area (Å²) in [5.74, 6) is -1.75. The van der Waals surface area contributed by atoms with Crippen molar-refractivity contribution in [3.8, 4) is 0 Å². The minimum atomic E-state index is -4.26. The van der Waals surface area contributed by atoms with Gasteiger partial charge in [-0.1, -0.05) is 65.7 Å². The van der Waals surface area contributed by atoms with Gasteiger partial charge in [0.25, 0.3) is 10.0 Å². The fraction of sp³-hybridized carbons (Fsp3) is 0.214. The highest BCUT2D eigenvalue weighted by Gasteiger charge is 2.34. The van der Waals surface area contributed by atoms with Gasteiger partial charge in [0, 0.05) is 16.0 Å². The Balaban J connectivity index is 1.76. The molecule has 10 nitrogen and oxygen atoms in total. The van der Waals surface area contributed by atoms with Crippen molar-refractivity contribution in [2.45, 2.75) is 36.7 Å². The summed E-state index contributed by atoms with van der Waals surface area (Å²) >= 11 is 12.1. The van der Waals surface area contributed by atoms with Gasteiger partial charge in [0.1, 0.15) is 12.1 Å². The fourth-order valence-corrected chi connectivity index (χ4v) is 5.26. The molecule has 214 valence electrons. The Kier molecular flexibility index (Phi) is 9.31. The predicted octanol–water partition coefficient (Wildman–Crippen LogP) is 3.51. The van der Waals surface area contributed by atoms with Crippen LogP contribution < -0.4 is 16.4 Å². The average molecular weight is 616 g/mol. The summed E-state index contributed by atoms with van der Waals surface area (Å²) in [5.41, 5.74) is 7.66. The van der Waals surface area contributed by atoms with Crippen molar-refractivity contribution in [3.63, 3.8) is 0 Å². The third-order valence-corrected chi connectivity index (χ3v) is 8.13. The number of nitrogens with zero attached hydrogens (tertiary/aromatic N) is 3. The van der Waals surface area contributed by atoms with E-state index in [9.17, 15) is 18.0 Å². The van der Waals surface area contributed by atoms with E-state index in [2.05, 4.69) is 15.0 Å². The molecule has 0 bridgehead atoms. The van der Waals surface area contributed by atoms with Gasteiger partial charge in [-0.25, -0.2) is 5.01 Å². The summed E-state index contributed by atoms with van der Waals surface area (Å²) in [4.78, 5) is 24.2. The van der Waals surface area contributed by atoms with E-state index < -0.39 is 33.9 Å². The van der Waals surface area contributed by atoms with Gasteiger partial charge in [-0.2, -0.15) is 13.5 Å². The Labute approximate surface area is 248 Å². The Hall–Kier alpha value is -3.93. The molecule has 4 N–H and O–H groups in total. The van der Waals surface area contributed by atoms with Crippen molar-refractivity contribution in [2.24, 2.45) is 15.2 Å². The van der Waals surface area contributed by atoms with Crippen LogP contribution in [0.4, 0.5) is 0 Å². The topological polar surface area (TPSA) is 146 Å².